The maximum Gasteiger partial charge on any atom is 0.212 e. The molecule has 0 bridgehead atoms. The molecule has 0 amide bonds. The van der Waals surface area contributed by atoms with E-state index in [1.165, 1.54) is 23.2 Å². The van der Waals surface area contributed by atoms with E-state index in [4.69, 9.17) is 0 Å². The van der Waals surface area contributed by atoms with E-state index in [-0.39, 0.29) is 0 Å². The van der Waals surface area contributed by atoms with Crippen molar-refractivity contribution in [2.24, 2.45) is 7.05 Å². The standard InChI is InChI=1S/C15H18N/c1-3-8-13-9-4-5-10-14(13)15-11-6-7-12-16(15)2/h4-7,9-12H,3,8H2,1-2H3/q+1. The summed E-state index contributed by atoms with van der Waals surface area (Å²) in [6.45, 7) is 2.22. The van der Waals surface area contributed by atoms with Crippen LogP contribution < -0.4 is 4.57 Å². The average Bonchev–Trinajstić information content (AvgIpc) is 2.31. The molecule has 1 heterocycles. The lowest BCUT2D eigenvalue weighted by molar-refractivity contribution is -0.660. The number of aromatic nitrogens is 1. The summed E-state index contributed by atoms with van der Waals surface area (Å²) in [5, 5.41) is 0. The SMILES string of the molecule is CCCc1ccccc1-c1cccc[n+]1C. The Morgan fingerprint density at radius 3 is 2.50 bits per heavy atom. The Labute approximate surface area is 97.4 Å². The number of aryl methyl sites for hydroxylation is 2. The van der Waals surface area contributed by atoms with E-state index in [0.29, 0.717) is 0 Å². The minimum Gasteiger partial charge on any atom is -0.201 e. The zero-order valence-electron chi connectivity index (χ0n) is 9.98. The number of benzene rings is 1. The van der Waals surface area contributed by atoms with E-state index in [2.05, 4.69) is 67.2 Å². The Balaban J connectivity index is 2.51. The molecule has 0 aliphatic heterocycles. The van der Waals surface area contributed by atoms with Crippen LogP contribution in [0.2, 0.25) is 0 Å². The van der Waals surface area contributed by atoms with Crippen LogP contribution in [0.3, 0.4) is 0 Å². The minimum absolute atomic E-state index is 1.14. The van der Waals surface area contributed by atoms with Crippen LogP contribution in [0, 0.1) is 0 Å². The summed E-state index contributed by atoms with van der Waals surface area (Å²) in [5.74, 6) is 0. The van der Waals surface area contributed by atoms with Gasteiger partial charge in [-0.2, -0.15) is 0 Å². The molecular weight excluding hydrogens is 194 g/mol. The molecule has 0 saturated heterocycles. The van der Waals surface area contributed by atoms with Crippen molar-refractivity contribution in [1.82, 2.24) is 0 Å². The second kappa shape index (κ2) is 4.93. The van der Waals surface area contributed by atoms with Gasteiger partial charge < -0.3 is 0 Å². The van der Waals surface area contributed by atoms with E-state index in [9.17, 15) is 0 Å². The van der Waals surface area contributed by atoms with Crippen molar-refractivity contribution in [2.45, 2.75) is 19.8 Å². The summed E-state index contributed by atoms with van der Waals surface area (Å²) in [5.41, 5.74) is 4.07. The maximum atomic E-state index is 2.23. The minimum atomic E-state index is 1.14. The molecule has 0 radical (unpaired) electrons. The van der Waals surface area contributed by atoms with Gasteiger partial charge in [-0.05, 0) is 24.1 Å². The fourth-order valence-corrected chi connectivity index (χ4v) is 2.06. The fraction of sp³-hybridized carbons (Fsp3) is 0.267. The first-order valence-corrected chi connectivity index (χ1v) is 5.86. The molecular formula is C15H18N+. The molecule has 0 aliphatic carbocycles. The number of nitrogens with zero attached hydrogens (tertiary/aromatic N) is 1. The maximum absolute atomic E-state index is 2.23. The van der Waals surface area contributed by atoms with Crippen LogP contribution in [0.4, 0.5) is 0 Å². The quantitative estimate of drug-likeness (QED) is 0.688. The third kappa shape index (κ3) is 2.13. The van der Waals surface area contributed by atoms with Crippen LogP contribution >= 0.6 is 0 Å². The van der Waals surface area contributed by atoms with E-state index < -0.39 is 0 Å². The monoisotopic (exact) mass is 212 g/mol. The lowest BCUT2D eigenvalue weighted by Gasteiger charge is -2.06. The largest absolute Gasteiger partial charge is 0.212 e. The van der Waals surface area contributed by atoms with Gasteiger partial charge in [0.25, 0.3) is 0 Å². The molecule has 2 aromatic rings. The van der Waals surface area contributed by atoms with Crippen molar-refractivity contribution in [3.8, 4) is 11.3 Å². The van der Waals surface area contributed by atoms with Gasteiger partial charge in [-0.15, -0.1) is 0 Å². The molecule has 0 saturated carbocycles. The van der Waals surface area contributed by atoms with Crippen LogP contribution in [-0.2, 0) is 13.5 Å². The predicted molar refractivity (Wildman–Crippen MR) is 67.0 cm³/mol. The molecule has 1 aromatic heterocycles. The second-order valence-electron chi connectivity index (χ2n) is 4.10. The van der Waals surface area contributed by atoms with Gasteiger partial charge >= 0.3 is 0 Å². The first-order chi connectivity index (χ1) is 7.83. The molecule has 2 rings (SSSR count). The molecule has 1 heteroatoms. The molecule has 0 aliphatic rings. The highest BCUT2D eigenvalue weighted by Crippen LogP contribution is 2.21. The highest BCUT2D eigenvalue weighted by molar-refractivity contribution is 5.60. The average molecular weight is 212 g/mol. The lowest BCUT2D eigenvalue weighted by atomic mass is 10.00. The molecule has 82 valence electrons. The Bertz CT molecular complexity index is 474. The lowest BCUT2D eigenvalue weighted by Crippen LogP contribution is -2.30. The van der Waals surface area contributed by atoms with Crippen molar-refractivity contribution in [2.75, 3.05) is 0 Å². The Kier molecular flexibility index (Phi) is 3.35. The van der Waals surface area contributed by atoms with E-state index in [1.807, 2.05) is 0 Å². The zero-order valence-corrected chi connectivity index (χ0v) is 9.98. The van der Waals surface area contributed by atoms with Crippen LogP contribution in [0.15, 0.2) is 48.7 Å². The van der Waals surface area contributed by atoms with Gasteiger partial charge in [-0.25, -0.2) is 4.57 Å². The summed E-state index contributed by atoms with van der Waals surface area (Å²) in [6.07, 6.45) is 4.43. The first kappa shape index (κ1) is 10.9. The van der Waals surface area contributed by atoms with E-state index in [0.717, 1.165) is 6.42 Å². The molecule has 0 atom stereocenters. The Morgan fingerprint density at radius 1 is 1.00 bits per heavy atom. The summed E-state index contributed by atoms with van der Waals surface area (Å²) in [6, 6.07) is 15.0. The Hall–Kier alpha value is -1.63. The van der Waals surface area contributed by atoms with Gasteiger partial charge in [0.05, 0.1) is 0 Å². The predicted octanol–water partition coefficient (Wildman–Crippen LogP) is 3.13. The topological polar surface area (TPSA) is 3.88 Å². The van der Waals surface area contributed by atoms with Gasteiger partial charge in [0.2, 0.25) is 5.69 Å². The summed E-state index contributed by atoms with van der Waals surface area (Å²) in [7, 11) is 2.10. The number of rotatable bonds is 3. The fourth-order valence-electron chi connectivity index (χ4n) is 2.06. The first-order valence-electron chi connectivity index (χ1n) is 5.86. The molecule has 0 unspecified atom stereocenters. The summed E-state index contributed by atoms with van der Waals surface area (Å²) >= 11 is 0. The van der Waals surface area contributed by atoms with E-state index in [1.54, 1.807) is 0 Å². The third-order valence-corrected chi connectivity index (χ3v) is 2.87. The Morgan fingerprint density at radius 2 is 1.75 bits per heavy atom. The summed E-state index contributed by atoms with van der Waals surface area (Å²) < 4.78 is 2.18. The van der Waals surface area contributed by atoms with Gasteiger partial charge in [-0.3, -0.25) is 0 Å². The van der Waals surface area contributed by atoms with Crippen molar-refractivity contribution in [3.05, 3.63) is 54.2 Å². The van der Waals surface area contributed by atoms with Crippen molar-refractivity contribution < 1.29 is 4.57 Å². The number of hydrogen-bond donors (Lipinski definition) is 0. The van der Waals surface area contributed by atoms with Gasteiger partial charge in [0.15, 0.2) is 6.20 Å². The number of hydrogen-bond acceptors (Lipinski definition) is 0. The zero-order chi connectivity index (χ0) is 11.4. The van der Waals surface area contributed by atoms with Crippen LogP contribution in [0.25, 0.3) is 11.3 Å². The van der Waals surface area contributed by atoms with Gasteiger partial charge in [-0.1, -0.05) is 31.5 Å². The van der Waals surface area contributed by atoms with E-state index >= 15 is 0 Å². The van der Waals surface area contributed by atoms with Crippen molar-refractivity contribution in [3.63, 3.8) is 0 Å². The van der Waals surface area contributed by atoms with Crippen molar-refractivity contribution >= 4 is 0 Å². The normalized spacial score (nSPS) is 10.4. The number of pyridine rings is 1. The second-order valence-corrected chi connectivity index (χ2v) is 4.10. The molecule has 1 aromatic carbocycles. The smallest absolute Gasteiger partial charge is 0.201 e. The van der Waals surface area contributed by atoms with Gasteiger partial charge in [0, 0.05) is 17.7 Å². The van der Waals surface area contributed by atoms with Crippen molar-refractivity contribution in [1.29, 1.82) is 0 Å². The summed E-state index contributed by atoms with van der Waals surface area (Å²) in [4.78, 5) is 0. The van der Waals surface area contributed by atoms with Crippen LogP contribution in [0.5, 0.6) is 0 Å². The molecule has 0 N–H and O–H groups in total. The highest BCUT2D eigenvalue weighted by Gasteiger charge is 2.11. The molecule has 0 spiro atoms. The third-order valence-electron chi connectivity index (χ3n) is 2.87. The van der Waals surface area contributed by atoms with Gasteiger partial charge in [0.1, 0.15) is 7.05 Å². The molecule has 16 heavy (non-hydrogen) atoms. The van der Waals surface area contributed by atoms with Crippen LogP contribution in [-0.4, -0.2) is 0 Å². The molecule has 0 fully saturated rings. The van der Waals surface area contributed by atoms with Crippen LogP contribution in [0.1, 0.15) is 18.9 Å². The highest BCUT2D eigenvalue weighted by atomic mass is 14.9. The molecule has 1 nitrogen and oxygen atoms in total.